The summed E-state index contributed by atoms with van der Waals surface area (Å²) >= 11 is 0. The van der Waals surface area contributed by atoms with E-state index in [1.807, 2.05) is 25.1 Å². The van der Waals surface area contributed by atoms with Crippen LogP contribution >= 0.6 is 0 Å². The van der Waals surface area contributed by atoms with E-state index in [2.05, 4.69) is 35.5 Å². The molecule has 104 valence electrons. The van der Waals surface area contributed by atoms with Gasteiger partial charge in [-0.15, -0.1) is 5.10 Å². The minimum Gasteiger partial charge on any atom is -0.311 e. The van der Waals surface area contributed by atoms with Gasteiger partial charge in [-0.25, -0.2) is 4.68 Å². The molecule has 0 unspecified atom stereocenters. The Kier molecular flexibility index (Phi) is 4.49. The van der Waals surface area contributed by atoms with Crippen molar-refractivity contribution in [1.82, 2.24) is 20.3 Å². The van der Waals surface area contributed by atoms with Gasteiger partial charge in [-0.1, -0.05) is 25.1 Å². The average Bonchev–Trinajstić information content (AvgIpc) is 2.87. The fraction of sp³-hybridized carbons (Fsp3) is 0.400. The summed E-state index contributed by atoms with van der Waals surface area (Å²) in [6, 6.07) is 7.74. The number of hydrogen-bond donors (Lipinski definition) is 1. The predicted octanol–water partition coefficient (Wildman–Crippen LogP) is 2.19. The second-order valence-electron chi connectivity index (χ2n) is 5.27. The van der Waals surface area contributed by atoms with Crippen molar-refractivity contribution in [3.05, 3.63) is 41.2 Å². The van der Waals surface area contributed by atoms with Crippen molar-refractivity contribution in [3.8, 4) is 11.8 Å². The van der Waals surface area contributed by atoms with Gasteiger partial charge < -0.3 is 5.32 Å². The summed E-state index contributed by atoms with van der Waals surface area (Å²) < 4.78 is 1.80. The molecule has 0 fully saturated rings. The maximum atomic E-state index is 9.01. The van der Waals surface area contributed by atoms with Gasteiger partial charge in [-0.3, -0.25) is 0 Å². The lowest BCUT2D eigenvalue weighted by Gasteiger charge is -2.11. The molecule has 2 rings (SSSR count). The van der Waals surface area contributed by atoms with Crippen LogP contribution in [-0.4, -0.2) is 21.5 Å². The van der Waals surface area contributed by atoms with E-state index in [0.717, 1.165) is 23.5 Å². The minimum absolute atomic E-state index is 0.600. The van der Waals surface area contributed by atoms with Gasteiger partial charge in [0.1, 0.15) is 0 Å². The lowest BCUT2D eigenvalue weighted by atomic mass is 10.1. The Morgan fingerprint density at radius 1 is 1.40 bits per heavy atom. The molecular formula is C15H19N5. The number of aryl methyl sites for hydroxylation is 1. The summed E-state index contributed by atoms with van der Waals surface area (Å²) in [5, 5.41) is 20.5. The van der Waals surface area contributed by atoms with Crippen molar-refractivity contribution in [1.29, 1.82) is 5.26 Å². The molecule has 1 aromatic carbocycles. The second-order valence-corrected chi connectivity index (χ2v) is 5.27. The van der Waals surface area contributed by atoms with Crippen LogP contribution < -0.4 is 5.32 Å². The van der Waals surface area contributed by atoms with Gasteiger partial charge in [0.2, 0.25) is 0 Å². The van der Waals surface area contributed by atoms with Crippen molar-refractivity contribution < 1.29 is 0 Å². The second kappa shape index (κ2) is 6.31. The Hall–Kier alpha value is -2.19. The first-order chi connectivity index (χ1) is 9.61. The summed E-state index contributed by atoms with van der Waals surface area (Å²) in [6.45, 7) is 8.00. The zero-order valence-electron chi connectivity index (χ0n) is 12.1. The summed E-state index contributed by atoms with van der Waals surface area (Å²) in [5.74, 6) is 0.600. The van der Waals surface area contributed by atoms with E-state index >= 15 is 0 Å². The van der Waals surface area contributed by atoms with Gasteiger partial charge in [0, 0.05) is 6.54 Å². The highest BCUT2D eigenvalue weighted by molar-refractivity contribution is 5.47. The Labute approximate surface area is 119 Å². The summed E-state index contributed by atoms with van der Waals surface area (Å²) in [6.07, 6.45) is 1.76. The Bertz CT molecular complexity index is 621. The molecule has 0 aliphatic heterocycles. The van der Waals surface area contributed by atoms with Crippen LogP contribution in [0, 0.1) is 24.2 Å². The maximum absolute atomic E-state index is 9.01. The van der Waals surface area contributed by atoms with Gasteiger partial charge in [-0.2, -0.15) is 5.26 Å². The number of rotatable bonds is 5. The highest BCUT2D eigenvalue weighted by Gasteiger charge is 2.09. The van der Waals surface area contributed by atoms with Crippen LogP contribution in [0.3, 0.4) is 0 Å². The Morgan fingerprint density at radius 2 is 2.20 bits per heavy atom. The molecule has 5 heteroatoms. The predicted molar refractivity (Wildman–Crippen MR) is 77.4 cm³/mol. The Balaban J connectivity index is 2.26. The van der Waals surface area contributed by atoms with Crippen LogP contribution in [0.15, 0.2) is 24.4 Å². The zero-order chi connectivity index (χ0) is 14.5. The molecule has 1 aromatic heterocycles. The third kappa shape index (κ3) is 3.22. The average molecular weight is 269 g/mol. The third-order valence-corrected chi connectivity index (χ3v) is 3.05. The fourth-order valence-corrected chi connectivity index (χ4v) is 1.98. The van der Waals surface area contributed by atoms with Crippen LogP contribution in [0.5, 0.6) is 0 Å². The van der Waals surface area contributed by atoms with Gasteiger partial charge in [-0.05, 0) is 37.1 Å². The van der Waals surface area contributed by atoms with E-state index in [9.17, 15) is 0 Å². The van der Waals surface area contributed by atoms with Gasteiger partial charge in [0.15, 0.2) is 0 Å². The van der Waals surface area contributed by atoms with Crippen molar-refractivity contribution in [2.24, 2.45) is 5.92 Å². The zero-order valence-corrected chi connectivity index (χ0v) is 12.1. The molecule has 2 aromatic rings. The Morgan fingerprint density at radius 3 is 2.90 bits per heavy atom. The first-order valence-corrected chi connectivity index (χ1v) is 6.73. The van der Waals surface area contributed by atoms with Crippen molar-refractivity contribution >= 4 is 0 Å². The maximum Gasteiger partial charge on any atom is 0.0992 e. The molecule has 0 atom stereocenters. The molecule has 0 aliphatic carbocycles. The monoisotopic (exact) mass is 269 g/mol. The molecule has 1 heterocycles. The standard InChI is InChI=1S/C15H19N5/c1-11(2)8-17-9-14-10-18-19-20(14)15-6-13(7-16)5-4-12(15)3/h4-6,10-11,17H,8-9H2,1-3H3. The van der Waals surface area contributed by atoms with Crippen LogP contribution in [0.2, 0.25) is 0 Å². The van der Waals surface area contributed by atoms with E-state index in [4.69, 9.17) is 5.26 Å². The fourth-order valence-electron chi connectivity index (χ4n) is 1.98. The lowest BCUT2D eigenvalue weighted by Crippen LogP contribution is -2.21. The molecule has 0 radical (unpaired) electrons. The number of benzene rings is 1. The van der Waals surface area contributed by atoms with Gasteiger partial charge >= 0.3 is 0 Å². The normalized spacial score (nSPS) is 10.8. The summed E-state index contributed by atoms with van der Waals surface area (Å²) in [7, 11) is 0. The molecule has 1 N–H and O–H groups in total. The molecule has 0 saturated heterocycles. The van der Waals surface area contributed by atoms with Crippen LogP contribution in [0.25, 0.3) is 5.69 Å². The van der Waals surface area contributed by atoms with Crippen molar-refractivity contribution in [2.75, 3.05) is 6.54 Å². The number of aromatic nitrogens is 3. The number of hydrogen-bond acceptors (Lipinski definition) is 4. The third-order valence-electron chi connectivity index (χ3n) is 3.05. The number of nitriles is 1. The highest BCUT2D eigenvalue weighted by atomic mass is 15.4. The molecule has 0 spiro atoms. The van der Waals surface area contributed by atoms with E-state index in [1.54, 1.807) is 10.9 Å². The molecule has 20 heavy (non-hydrogen) atoms. The first kappa shape index (κ1) is 14.2. The summed E-state index contributed by atoms with van der Waals surface area (Å²) in [4.78, 5) is 0. The van der Waals surface area contributed by atoms with E-state index < -0.39 is 0 Å². The lowest BCUT2D eigenvalue weighted by molar-refractivity contribution is 0.542. The van der Waals surface area contributed by atoms with E-state index in [-0.39, 0.29) is 0 Å². The summed E-state index contributed by atoms with van der Waals surface area (Å²) in [5.41, 5.74) is 3.59. The first-order valence-electron chi connectivity index (χ1n) is 6.73. The van der Waals surface area contributed by atoms with Gasteiger partial charge in [0.25, 0.3) is 0 Å². The minimum atomic E-state index is 0.600. The van der Waals surface area contributed by atoms with Gasteiger partial charge in [0.05, 0.1) is 29.2 Å². The highest BCUT2D eigenvalue weighted by Crippen LogP contribution is 2.16. The van der Waals surface area contributed by atoms with Crippen LogP contribution in [0.1, 0.15) is 30.7 Å². The topological polar surface area (TPSA) is 66.5 Å². The molecule has 0 aliphatic rings. The molecule has 0 amide bonds. The molecule has 0 bridgehead atoms. The molecule has 5 nitrogen and oxygen atoms in total. The van der Waals surface area contributed by atoms with E-state index in [0.29, 0.717) is 18.0 Å². The number of nitrogens with zero attached hydrogens (tertiary/aromatic N) is 4. The molecule has 0 saturated carbocycles. The largest absolute Gasteiger partial charge is 0.311 e. The van der Waals surface area contributed by atoms with Crippen LogP contribution in [-0.2, 0) is 6.54 Å². The quantitative estimate of drug-likeness (QED) is 0.903. The SMILES string of the molecule is Cc1ccc(C#N)cc1-n1nncc1CNCC(C)C. The van der Waals surface area contributed by atoms with Crippen LogP contribution in [0.4, 0.5) is 0 Å². The van der Waals surface area contributed by atoms with Crippen molar-refractivity contribution in [3.63, 3.8) is 0 Å². The number of nitrogens with one attached hydrogen (secondary N) is 1. The van der Waals surface area contributed by atoms with Crippen molar-refractivity contribution in [2.45, 2.75) is 27.3 Å². The molecular weight excluding hydrogens is 250 g/mol. The van der Waals surface area contributed by atoms with E-state index in [1.165, 1.54) is 0 Å². The smallest absolute Gasteiger partial charge is 0.0992 e.